The average molecular weight is 516 g/mol. The number of hydrogen-bond acceptors (Lipinski definition) is 6. The number of nitrogens with zero attached hydrogens (tertiary/aromatic N) is 6. The molecule has 37 heavy (non-hydrogen) atoms. The van der Waals surface area contributed by atoms with E-state index in [1.807, 2.05) is 19.9 Å². The summed E-state index contributed by atoms with van der Waals surface area (Å²) in [7, 11) is 0. The number of anilines is 1. The predicted molar refractivity (Wildman–Crippen MR) is 136 cm³/mol. The monoisotopic (exact) mass is 515 g/mol. The summed E-state index contributed by atoms with van der Waals surface area (Å²) in [5.74, 6) is 1.24. The highest BCUT2D eigenvalue weighted by Gasteiger charge is 2.53. The number of nitriles is 1. The van der Waals surface area contributed by atoms with Crippen LogP contribution < -0.4 is 10.2 Å². The number of halogens is 1. The van der Waals surface area contributed by atoms with E-state index in [9.17, 15) is 14.9 Å². The lowest BCUT2D eigenvalue weighted by Crippen LogP contribution is -2.43. The Kier molecular flexibility index (Phi) is 5.72. The van der Waals surface area contributed by atoms with Crippen LogP contribution in [-0.4, -0.2) is 44.1 Å². The highest BCUT2D eigenvalue weighted by molar-refractivity contribution is 6.30. The number of carbonyl (C=O) groups excluding carboxylic acids is 2. The molecule has 2 aliphatic carbocycles. The maximum atomic E-state index is 13.0. The van der Waals surface area contributed by atoms with Gasteiger partial charge in [0.1, 0.15) is 0 Å². The Bertz CT molecular complexity index is 1440. The van der Waals surface area contributed by atoms with Gasteiger partial charge in [-0.15, -0.1) is 0 Å². The van der Waals surface area contributed by atoms with Gasteiger partial charge in [0, 0.05) is 47.7 Å². The van der Waals surface area contributed by atoms with Crippen molar-refractivity contribution in [1.82, 2.24) is 25.1 Å². The maximum absolute atomic E-state index is 13.0. The fraction of sp³-hybridized carbons (Fsp3) is 0.407. The SMILES string of the molecule is Cc1nn([C@H](C)c2cnc(N3C[C@H]4C[C@H]4C3=O)nc2)cc1C(=O)N[C@H]1C[C@@H](c2cc(Cl)ccc2C#N)C1. The van der Waals surface area contributed by atoms with Gasteiger partial charge in [0.2, 0.25) is 11.9 Å². The normalized spacial score (nSPS) is 24.7. The Labute approximate surface area is 219 Å². The van der Waals surface area contributed by atoms with Crippen LogP contribution >= 0.6 is 11.6 Å². The summed E-state index contributed by atoms with van der Waals surface area (Å²) < 4.78 is 1.74. The van der Waals surface area contributed by atoms with Crippen LogP contribution in [0, 0.1) is 30.1 Å². The zero-order valence-corrected chi connectivity index (χ0v) is 21.3. The number of rotatable bonds is 6. The van der Waals surface area contributed by atoms with Gasteiger partial charge < -0.3 is 5.32 Å². The van der Waals surface area contributed by atoms with E-state index in [0.717, 1.165) is 30.4 Å². The van der Waals surface area contributed by atoms with E-state index < -0.39 is 0 Å². The van der Waals surface area contributed by atoms with Crippen LogP contribution in [0.25, 0.3) is 0 Å². The molecule has 0 spiro atoms. The van der Waals surface area contributed by atoms with E-state index in [2.05, 4.69) is 26.5 Å². The van der Waals surface area contributed by atoms with Gasteiger partial charge in [-0.05, 0) is 68.7 Å². The van der Waals surface area contributed by atoms with E-state index in [-0.39, 0.29) is 35.7 Å². The molecular formula is C27H26ClN7O2. The second-order valence-corrected chi connectivity index (χ2v) is 10.8. The summed E-state index contributed by atoms with van der Waals surface area (Å²) in [5.41, 5.74) is 3.58. The molecule has 0 radical (unpaired) electrons. The fourth-order valence-corrected chi connectivity index (χ4v) is 5.61. The number of nitrogens with one attached hydrogen (secondary N) is 1. The molecule has 2 amide bonds. The summed E-state index contributed by atoms with van der Waals surface area (Å²) in [6, 6.07) is 7.39. The second kappa shape index (κ2) is 8.96. The molecule has 3 aliphatic rings. The number of aryl methyl sites for hydroxylation is 1. The number of aromatic nitrogens is 4. The fourth-order valence-electron chi connectivity index (χ4n) is 5.42. The number of amides is 2. The van der Waals surface area contributed by atoms with E-state index in [1.165, 1.54) is 0 Å². The quantitative estimate of drug-likeness (QED) is 0.534. The lowest BCUT2D eigenvalue weighted by molar-refractivity contribution is -0.118. The summed E-state index contributed by atoms with van der Waals surface area (Å²) >= 11 is 6.13. The van der Waals surface area contributed by atoms with Crippen molar-refractivity contribution in [3.05, 3.63) is 69.8 Å². The number of carbonyl (C=O) groups is 2. The molecule has 1 aliphatic heterocycles. The van der Waals surface area contributed by atoms with Crippen molar-refractivity contribution in [2.24, 2.45) is 11.8 Å². The molecule has 2 aromatic heterocycles. The smallest absolute Gasteiger partial charge is 0.254 e. The van der Waals surface area contributed by atoms with Crippen LogP contribution in [0.15, 0.2) is 36.8 Å². The van der Waals surface area contributed by atoms with Crippen molar-refractivity contribution in [2.75, 3.05) is 11.4 Å². The highest BCUT2D eigenvalue weighted by Crippen LogP contribution is 2.46. The Morgan fingerprint density at radius 1 is 1.24 bits per heavy atom. The Morgan fingerprint density at radius 2 is 2.00 bits per heavy atom. The summed E-state index contributed by atoms with van der Waals surface area (Å²) in [4.78, 5) is 35.8. The summed E-state index contributed by atoms with van der Waals surface area (Å²) in [6.07, 6.45) is 7.71. The molecule has 2 saturated carbocycles. The minimum Gasteiger partial charge on any atom is -0.349 e. The minimum absolute atomic E-state index is 0.0310. The van der Waals surface area contributed by atoms with Gasteiger partial charge in [-0.2, -0.15) is 10.4 Å². The van der Waals surface area contributed by atoms with Crippen molar-refractivity contribution < 1.29 is 9.59 Å². The Hall–Kier alpha value is -3.77. The minimum atomic E-state index is -0.183. The van der Waals surface area contributed by atoms with Crippen LogP contribution in [0.1, 0.15) is 70.9 Å². The van der Waals surface area contributed by atoms with Crippen LogP contribution in [0.3, 0.4) is 0 Å². The number of piperidine rings is 1. The van der Waals surface area contributed by atoms with Gasteiger partial charge in [-0.3, -0.25) is 19.2 Å². The Morgan fingerprint density at radius 3 is 2.68 bits per heavy atom. The molecule has 3 atom stereocenters. The van der Waals surface area contributed by atoms with Gasteiger partial charge in [0.05, 0.1) is 28.9 Å². The highest BCUT2D eigenvalue weighted by atomic mass is 35.5. The number of hydrogen-bond donors (Lipinski definition) is 1. The standard InChI is InChI=1S/C27H26ClN7O2/c1-14-24(25(36)32-21-5-17(6-21)22-8-20(28)4-3-16(22)9-29)13-35(33-14)15(2)19-10-30-27(31-11-19)34-12-18-7-23(18)26(34)37/h3-4,8,10-11,13,15,17-18,21,23H,5-7,12H2,1-2H3,(H,32,36)/t15-,17-,18-,21+,23-/m1/s1. The number of benzene rings is 1. The molecule has 10 heteroatoms. The molecule has 9 nitrogen and oxygen atoms in total. The lowest BCUT2D eigenvalue weighted by Gasteiger charge is -2.36. The number of fused-ring (bicyclic) bond motifs is 1. The second-order valence-electron chi connectivity index (χ2n) is 10.3. The third kappa shape index (κ3) is 4.25. The molecule has 6 rings (SSSR count). The van der Waals surface area contributed by atoms with Gasteiger partial charge in [0.25, 0.3) is 5.91 Å². The third-order valence-electron chi connectivity index (χ3n) is 7.91. The van der Waals surface area contributed by atoms with Crippen molar-refractivity contribution >= 4 is 29.4 Å². The van der Waals surface area contributed by atoms with Gasteiger partial charge in [-0.1, -0.05) is 11.6 Å². The zero-order valence-electron chi connectivity index (χ0n) is 20.6. The first kappa shape index (κ1) is 23.6. The molecule has 0 unspecified atom stereocenters. The van der Waals surface area contributed by atoms with Crippen LogP contribution in [0.2, 0.25) is 5.02 Å². The van der Waals surface area contributed by atoms with E-state index >= 15 is 0 Å². The predicted octanol–water partition coefficient (Wildman–Crippen LogP) is 3.77. The average Bonchev–Trinajstić information content (AvgIpc) is 3.43. The molecule has 3 heterocycles. The van der Waals surface area contributed by atoms with Gasteiger partial charge >= 0.3 is 0 Å². The lowest BCUT2D eigenvalue weighted by atomic mass is 9.74. The van der Waals surface area contributed by atoms with Gasteiger partial charge in [-0.25, -0.2) is 9.97 Å². The first-order valence-corrected chi connectivity index (χ1v) is 12.9. The summed E-state index contributed by atoms with van der Waals surface area (Å²) in [6.45, 7) is 4.49. The molecule has 1 saturated heterocycles. The van der Waals surface area contributed by atoms with E-state index in [4.69, 9.17) is 11.6 Å². The van der Waals surface area contributed by atoms with Gasteiger partial charge in [0.15, 0.2) is 0 Å². The molecule has 3 aromatic rings. The topological polar surface area (TPSA) is 117 Å². The first-order valence-electron chi connectivity index (χ1n) is 12.5. The molecular weight excluding hydrogens is 490 g/mol. The molecule has 1 aromatic carbocycles. The van der Waals surface area contributed by atoms with Crippen molar-refractivity contribution in [3.8, 4) is 6.07 Å². The maximum Gasteiger partial charge on any atom is 0.254 e. The molecule has 3 fully saturated rings. The zero-order chi connectivity index (χ0) is 25.8. The third-order valence-corrected chi connectivity index (χ3v) is 8.15. The summed E-state index contributed by atoms with van der Waals surface area (Å²) in [5, 5.41) is 17.7. The van der Waals surface area contributed by atoms with Crippen LogP contribution in [-0.2, 0) is 4.79 Å². The van der Waals surface area contributed by atoms with Crippen molar-refractivity contribution in [1.29, 1.82) is 5.26 Å². The van der Waals surface area contributed by atoms with Crippen LogP contribution in [0.4, 0.5) is 5.95 Å². The molecule has 1 N–H and O–H groups in total. The first-order chi connectivity index (χ1) is 17.8. The largest absolute Gasteiger partial charge is 0.349 e. The van der Waals surface area contributed by atoms with Crippen molar-refractivity contribution in [2.45, 2.75) is 51.1 Å². The van der Waals surface area contributed by atoms with Crippen LogP contribution in [0.5, 0.6) is 0 Å². The van der Waals surface area contributed by atoms with E-state index in [1.54, 1.807) is 40.3 Å². The molecule has 0 bridgehead atoms. The van der Waals surface area contributed by atoms with E-state index in [0.29, 0.717) is 40.3 Å². The molecule has 188 valence electrons. The Balaban J connectivity index is 1.09. The van der Waals surface area contributed by atoms with Crippen molar-refractivity contribution in [3.63, 3.8) is 0 Å².